The van der Waals surface area contributed by atoms with Crippen molar-refractivity contribution in [2.45, 2.75) is 26.2 Å². The highest BCUT2D eigenvalue weighted by molar-refractivity contribution is 6.04. The number of rotatable bonds is 4. The number of anilines is 2. The van der Waals surface area contributed by atoms with E-state index in [9.17, 15) is 9.59 Å². The van der Waals surface area contributed by atoms with E-state index in [-0.39, 0.29) is 18.2 Å². The van der Waals surface area contributed by atoms with Crippen LogP contribution in [0.4, 0.5) is 11.6 Å². The van der Waals surface area contributed by atoms with Crippen molar-refractivity contribution in [3.63, 3.8) is 0 Å². The Kier molecular flexibility index (Phi) is 3.92. The first-order chi connectivity index (χ1) is 11.0. The van der Waals surface area contributed by atoms with Gasteiger partial charge in [0.15, 0.2) is 0 Å². The molecule has 1 atom stereocenters. The predicted molar refractivity (Wildman–Crippen MR) is 85.7 cm³/mol. The Bertz CT molecular complexity index is 755. The fourth-order valence-electron chi connectivity index (χ4n) is 2.62. The summed E-state index contributed by atoms with van der Waals surface area (Å²) < 4.78 is 0. The van der Waals surface area contributed by atoms with Crippen LogP contribution in [0.25, 0.3) is 0 Å². The zero-order valence-electron chi connectivity index (χ0n) is 12.9. The molecule has 3 N–H and O–H groups in total. The Labute approximate surface area is 133 Å². The average molecular weight is 311 g/mol. The maximum atomic E-state index is 12.1. The van der Waals surface area contributed by atoms with Crippen LogP contribution in [0, 0.1) is 13.8 Å². The molecule has 0 spiro atoms. The maximum absolute atomic E-state index is 12.1. The van der Waals surface area contributed by atoms with Crippen LogP contribution < -0.4 is 16.2 Å². The lowest BCUT2D eigenvalue weighted by Gasteiger charge is -2.11. The zero-order chi connectivity index (χ0) is 16.4. The molecular weight excluding hydrogens is 294 g/mol. The molecule has 0 saturated heterocycles. The minimum absolute atomic E-state index is 0.0562. The van der Waals surface area contributed by atoms with Crippen LogP contribution in [0.1, 0.15) is 29.3 Å². The molecule has 3 rings (SSSR count). The molecule has 0 fully saturated rings. The van der Waals surface area contributed by atoms with Gasteiger partial charge in [-0.1, -0.05) is 18.2 Å². The topological polar surface area (TPSA) is 96.0 Å². The first-order valence-corrected chi connectivity index (χ1v) is 7.30. The number of carbonyl (C=O) groups excluding carboxylic acids is 2. The smallest absolute Gasteiger partial charge is 0.242 e. The Morgan fingerprint density at radius 2 is 1.91 bits per heavy atom. The SMILES string of the molecule is Cc1cc(C)nc(NNC(=O)C[C@H]2C(=O)Nc3ccccc32)n1. The third kappa shape index (κ3) is 3.28. The Morgan fingerprint density at radius 3 is 2.65 bits per heavy atom. The van der Waals surface area contributed by atoms with Gasteiger partial charge in [-0.25, -0.2) is 9.97 Å². The minimum atomic E-state index is -0.479. The van der Waals surface area contributed by atoms with E-state index in [0.717, 1.165) is 22.6 Å². The van der Waals surface area contributed by atoms with E-state index in [1.807, 2.05) is 44.2 Å². The van der Waals surface area contributed by atoms with E-state index < -0.39 is 5.92 Å². The number of aryl methyl sites for hydroxylation is 2. The van der Waals surface area contributed by atoms with Crippen molar-refractivity contribution in [1.82, 2.24) is 15.4 Å². The zero-order valence-corrected chi connectivity index (χ0v) is 12.9. The molecule has 7 heteroatoms. The summed E-state index contributed by atoms with van der Waals surface area (Å²) in [6, 6.07) is 9.22. The molecule has 2 aromatic rings. The van der Waals surface area contributed by atoms with Gasteiger partial charge in [0.25, 0.3) is 0 Å². The molecule has 23 heavy (non-hydrogen) atoms. The van der Waals surface area contributed by atoms with Gasteiger partial charge in [-0.2, -0.15) is 0 Å². The maximum Gasteiger partial charge on any atom is 0.242 e. The van der Waals surface area contributed by atoms with E-state index in [4.69, 9.17) is 0 Å². The summed E-state index contributed by atoms with van der Waals surface area (Å²) in [5, 5.41) is 2.78. The second kappa shape index (κ2) is 6.04. The second-order valence-electron chi connectivity index (χ2n) is 5.48. The lowest BCUT2D eigenvalue weighted by Crippen LogP contribution is -2.32. The van der Waals surface area contributed by atoms with Crippen molar-refractivity contribution in [2.24, 2.45) is 0 Å². The summed E-state index contributed by atoms with van der Waals surface area (Å²) in [4.78, 5) is 32.4. The van der Waals surface area contributed by atoms with Crippen LogP contribution in [-0.2, 0) is 9.59 Å². The van der Waals surface area contributed by atoms with Crippen LogP contribution in [-0.4, -0.2) is 21.8 Å². The number of para-hydroxylation sites is 1. The molecule has 1 aliphatic rings. The van der Waals surface area contributed by atoms with E-state index in [2.05, 4.69) is 26.1 Å². The quantitative estimate of drug-likeness (QED) is 0.746. The average Bonchev–Trinajstić information content (AvgIpc) is 2.80. The van der Waals surface area contributed by atoms with Gasteiger partial charge in [-0.15, -0.1) is 0 Å². The molecule has 2 amide bonds. The Balaban J connectivity index is 1.63. The van der Waals surface area contributed by atoms with E-state index >= 15 is 0 Å². The van der Waals surface area contributed by atoms with Gasteiger partial charge in [0.05, 0.1) is 5.92 Å². The van der Waals surface area contributed by atoms with Gasteiger partial charge >= 0.3 is 0 Å². The van der Waals surface area contributed by atoms with Gasteiger partial charge in [0, 0.05) is 23.5 Å². The molecule has 1 aromatic carbocycles. The van der Waals surface area contributed by atoms with Gasteiger partial charge in [-0.05, 0) is 31.5 Å². The number of amides is 2. The molecule has 0 unspecified atom stereocenters. The molecule has 1 aromatic heterocycles. The number of nitrogens with zero attached hydrogens (tertiary/aromatic N) is 2. The Morgan fingerprint density at radius 1 is 1.22 bits per heavy atom. The lowest BCUT2D eigenvalue weighted by atomic mass is 9.97. The van der Waals surface area contributed by atoms with Gasteiger partial charge in [0.1, 0.15) is 0 Å². The van der Waals surface area contributed by atoms with Crippen molar-refractivity contribution in [3.05, 3.63) is 47.3 Å². The number of nitrogens with one attached hydrogen (secondary N) is 3. The normalized spacial score (nSPS) is 15.7. The highest BCUT2D eigenvalue weighted by atomic mass is 16.2. The molecule has 0 aliphatic carbocycles. The number of aromatic nitrogens is 2. The second-order valence-corrected chi connectivity index (χ2v) is 5.48. The molecule has 118 valence electrons. The van der Waals surface area contributed by atoms with E-state index in [1.54, 1.807) is 0 Å². The van der Waals surface area contributed by atoms with Crippen LogP contribution in [0.5, 0.6) is 0 Å². The molecular formula is C16H17N5O2. The molecule has 2 heterocycles. The van der Waals surface area contributed by atoms with Crippen molar-refractivity contribution in [1.29, 1.82) is 0 Å². The molecule has 0 saturated carbocycles. The number of hydrogen-bond donors (Lipinski definition) is 3. The van der Waals surface area contributed by atoms with Crippen LogP contribution >= 0.6 is 0 Å². The van der Waals surface area contributed by atoms with Crippen molar-refractivity contribution in [3.8, 4) is 0 Å². The molecule has 7 nitrogen and oxygen atoms in total. The number of fused-ring (bicyclic) bond motifs is 1. The number of hydrogen-bond acceptors (Lipinski definition) is 5. The standard InChI is InChI=1S/C16H17N5O2/c1-9-7-10(2)18-16(17-9)21-20-14(22)8-12-11-5-3-4-6-13(11)19-15(12)23/h3-7,12H,8H2,1-2H3,(H,19,23)(H,20,22)(H,17,18,21)/t12-/m1/s1. The first kappa shape index (κ1) is 15.0. The highest BCUT2D eigenvalue weighted by Gasteiger charge is 2.31. The minimum Gasteiger partial charge on any atom is -0.325 e. The monoisotopic (exact) mass is 311 g/mol. The summed E-state index contributed by atoms with van der Waals surface area (Å²) in [5.41, 5.74) is 8.44. The largest absolute Gasteiger partial charge is 0.325 e. The van der Waals surface area contributed by atoms with E-state index in [0.29, 0.717) is 5.95 Å². The third-order valence-electron chi connectivity index (χ3n) is 3.60. The number of carbonyl (C=O) groups is 2. The highest BCUT2D eigenvalue weighted by Crippen LogP contribution is 2.34. The Hall–Kier alpha value is -2.96. The van der Waals surface area contributed by atoms with Crippen LogP contribution in [0.2, 0.25) is 0 Å². The van der Waals surface area contributed by atoms with Crippen molar-refractivity contribution >= 4 is 23.5 Å². The van der Waals surface area contributed by atoms with E-state index in [1.165, 1.54) is 0 Å². The third-order valence-corrected chi connectivity index (χ3v) is 3.60. The number of hydrazine groups is 1. The van der Waals surface area contributed by atoms with Crippen molar-refractivity contribution in [2.75, 3.05) is 10.7 Å². The molecule has 0 bridgehead atoms. The fraction of sp³-hybridized carbons (Fsp3) is 0.250. The van der Waals surface area contributed by atoms with Crippen molar-refractivity contribution < 1.29 is 9.59 Å². The number of benzene rings is 1. The molecule has 1 aliphatic heterocycles. The van der Waals surface area contributed by atoms with Gasteiger partial charge in [-0.3, -0.25) is 20.4 Å². The lowest BCUT2D eigenvalue weighted by molar-refractivity contribution is -0.124. The van der Waals surface area contributed by atoms with Crippen LogP contribution in [0.3, 0.4) is 0 Å². The van der Waals surface area contributed by atoms with Gasteiger partial charge in [0.2, 0.25) is 17.8 Å². The van der Waals surface area contributed by atoms with Crippen LogP contribution in [0.15, 0.2) is 30.3 Å². The van der Waals surface area contributed by atoms with Gasteiger partial charge < -0.3 is 5.32 Å². The fourth-order valence-corrected chi connectivity index (χ4v) is 2.62. The summed E-state index contributed by atoms with van der Waals surface area (Å²) in [5.74, 6) is -0.617. The summed E-state index contributed by atoms with van der Waals surface area (Å²) in [6.07, 6.45) is 0.0562. The predicted octanol–water partition coefficient (Wildman–Crippen LogP) is 1.66. The summed E-state index contributed by atoms with van der Waals surface area (Å²) in [7, 11) is 0. The first-order valence-electron chi connectivity index (χ1n) is 7.30. The molecule has 0 radical (unpaired) electrons. The summed E-state index contributed by atoms with van der Waals surface area (Å²) in [6.45, 7) is 3.70. The summed E-state index contributed by atoms with van der Waals surface area (Å²) >= 11 is 0.